The zero-order chi connectivity index (χ0) is 18.7. The Balaban J connectivity index is 2.12. The molecule has 0 aliphatic carbocycles. The van der Waals surface area contributed by atoms with Crippen LogP contribution in [-0.2, 0) is 5.41 Å². The van der Waals surface area contributed by atoms with Crippen LogP contribution in [0, 0.1) is 22.7 Å². The highest BCUT2D eigenvalue weighted by molar-refractivity contribution is 5.57. The number of nitrogens with zero attached hydrogens (tertiary/aromatic N) is 2. The second kappa shape index (κ2) is 6.71. The van der Waals surface area contributed by atoms with E-state index in [9.17, 15) is 10.5 Å². The molecule has 0 fully saturated rings. The fraction of sp³-hybridized carbons (Fsp3) is 0.0435. The fourth-order valence-corrected chi connectivity index (χ4v) is 3.67. The van der Waals surface area contributed by atoms with E-state index in [0.717, 1.165) is 22.5 Å². The van der Waals surface area contributed by atoms with Gasteiger partial charge in [-0.3, -0.25) is 0 Å². The van der Waals surface area contributed by atoms with E-state index in [1.54, 1.807) is 12.1 Å². The first-order valence-corrected chi connectivity index (χ1v) is 8.59. The maximum absolute atomic E-state index is 9.34. The first-order valence-electron chi connectivity index (χ1n) is 8.59. The molecule has 2 aromatic carbocycles. The topological polar surface area (TPSA) is 79.2 Å². The van der Waals surface area contributed by atoms with Crippen molar-refractivity contribution in [3.8, 4) is 12.1 Å². The van der Waals surface area contributed by atoms with E-state index in [1.165, 1.54) is 0 Å². The summed E-state index contributed by atoms with van der Waals surface area (Å²) in [4.78, 5) is 6.52. The summed E-state index contributed by atoms with van der Waals surface area (Å²) in [5.41, 5.74) is 4.09. The molecule has 0 radical (unpaired) electrons. The Kier molecular flexibility index (Phi) is 4.09. The Bertz CT molecular complexity index is 1040. The molecule has 0 bridgehead atoms. The van der Waals surface area contributed by atoms with Gasteiger partial charge in [-0.1, -0.05) is 60.7 Å². The minimum atomic E-state index is -0.702. The van der Waals surface area contributed by atoms with Crippen molar-refractivity contribution < 1.29 is 0 Å². The number of hydrogen-bond donors (Lipinski definition) is 2. The van der Waals surface area contributed by atoms with Gasteiger partial charge in [-0.2, -0.15) is 10.5 Å². The van der Waals surface area contributed by atoms with Gasteiger partial charge in [0.05, 0.1) is 0 Å². The predicted molar refractivity (Wildman–Crippen MR) is 103 cm³/mol. The van der Waals surface area contributed by atoms with E-state index < -0.39 is 5.41 Å². The Morgan fingerprint density at radius 2 is 0.963 bits per heavy atom. The second-order valence-corrected chi connectivity index (χ2v) is 6.28. The van der Waals surface area contributed by atoms with Crippen LogP contribution in [0.5, 0.6) is 0 Å². The molecule has 0 saturated heterocycles. The summed E-state index contributed by atoms with van der Waals surface area (Å²) in [6.07, 6.45) is 0. The van der Waals surface area contributed by atoms with E-state index in [-0.39, 0.29) is 0 Å². The van der Waals surface area contributed by atoms with Gasteiger partial charge >= 0.3 is 0 Å². The van der Waals surface area contributed by atoms with Crippen molar-refractivity contribution in [2.75, 3.05) is 0 Å². The number of aromatic amines is 2. The molecule has 27 heavy (non-hydrogen) atoms. The Morgan fingerprint density at radius 1 is 0.556 bits per heavy atom. The molecule has 4 rings (SSSR count). The van der Waals surface area contributed by atoms with Gasteiger partial charge in [0, 0.05) is 11.4 Å². The summed E-state index contributed by atoms with van der Waals surface area (Å²) in [5, 5.41) is 18.7. The number of aromatic nitrogens is 2. The summed E-state index contributed by atoms with van der Waals surface area (Å²) in [6, 6.07) is 32.0. The molecule has 0 aliphatic rings. The molecule has 4 nitrogen and oxygen atoms in total. The summed E-state index contributed by atoms with van der Waals surface area (Å²) in [7, 11) is 0. The van der Waals surface area contributed by atoms with Crippen LogP contribution >= 0.6 is 0 Å². The average Bonchev–Trinajstić information content (AvgIpc) is 3.41. The molecule has 0 aliphatic heterocycles. The molecule has 0 unspecified atom stereocenters. The minimum Gasteiger partial charge on any atom is -0.349 e. The van der Waals surface area contributed by atoms with Gasteiger partial charge in [-0.05, 0) is 35.4 Å². The van der Waals surface area contributed by atoms with E-state index in [2.05, 4.69) is 46.4 Å². The van der Waals surface area contributed by atoms with Crippen LogP contribution in [0.2, 0.25) is 0 Å². The summed E-state index contributed by atoms with van der Waals surface area (Å²) >= 11 is 0. The number of nitrogens with one attached hydrogen (secondary N) is 2. The van der Waals surface area contributed by atoms with Crippen LogP contribution in [0.15, 0.2) is 84.9 Å². The lowest BCUT2D eigenvalue weighted by atomic mass is 9.69. The highest BCUT2D eigenvalue weighted by atomic mass is 14.8. The van der Waals surface area contributed by atoms with E-state index in [0.29, 0.717) is 11.4 Å². The fourth-order valence-electron chi connectivity index (χ4n) is 3.67. The zero-order valence-corrected chi connectivity index (χ0v) is 14.5. The molecular formula is C23H16N4. The third-order valence-corrected chi connectivity index (χ3v) is 4.83. The number of benzene rings is 2. The third kappa shape index (κ3) is 2.61. The van der Waals surface area contributed by atoms with Crippen LogP contribution < -0.4 is 0 Å². The number of hydrogen-bond acceptors (Lipinski definition) is 2. The molecule has 0 spiro atoms. The zero-order valence-electron chi connectivity index (χ0n) is 14.5. The van der Waals surface area contributed by atoms with E-state index in [1.807, 2.05) is 48.5 Å². The van der Waals surface area contributed by atoms with Gasteiger partial charge in [0.1, 0.15) is 28.9 Å². The SMILES string of the molecule is N#Cc1ccc(C(c2ccccc2)(c2ccccc2)c2ccc(C#N)[nH]2)[nH]1. The van der Waals surface area contributed by atoms with Gasteiger partial charge in [0.2, 0.25) is 0 Å². The number of H-pyrrole nitrogens is 2. The summed E-state index contributed by atoms with van der Waals surface area (Å²) < 4.78 is 0. The smallest absolute Gasteiger partial charge is 0.117 e. The molecule has 2 N–H and O–H groups in total. The van der Waals surface area contributed by atoms with Crippen molar-refractivity contribution in [2.24, 2.45) is 0 Å². The molecule has 0 saturated carbocycles. The van der Waals surface area contributed by atoms with Crippen molar-refractivity contribution in [1.29, 1.82) is 10.5 Å². The highest BCUT2D eigenvalue weighted by Gasteiger charge is 2.40. The first-order chi connectivity index (χ1) is 13.3. The maximum atomic E-state index is 9.34. The molecule has 4 heteroatoms. The molecule has 2 heterocycles. The van der Waals surface area contributed by atoms with Gasteiger partial charge in [-0.25, -0.2) is 0 Å². The standard InChI is InChI=1S/C23H16N4/c24-15-19-11-13-21(26-19)23(17-7-3-1-4-8-17,18-9-5-2-6-10-18)22-14-12-20(16-25)27-22/h1-14,26-27H. The van der Waals surface area contributed by atoms with E-state index in [4.69, 9.17) is 0 Å². The largest absolute Gasteiger partial charge is 0.349 e. The lowest BCUT2D eigenvalue weighted by Gasteiger charge is -2.34. The van der Waals surface area contributed by atoms with Gasteiger partial charge in [-0.15, -0.1) is 0 Å². The van der Waals surface area contributed by atoms with Gasteiger partial charge in [0.15, 0.2) is 0 Å². The van der Waals surface area contributed by atoms with Crippen molar-refractivity contribution in [3.05, 3.63) is 119 Å². The Labute approximate surface area is 157 Å². The lowest BCUT2D eigenvalue weighted by molar-refractivity contribution is 0.697. The van der Waals surface area contributed by atoms with Crippen LogP contribution in [0.3, 0.4) is 0 Å². The van der Waals surface area contributed by atoms with Gasteiger partial charge in [0.25, 0.3) is 0 Å². The Morgan fingerprint density at radius 3 is 1.30 bits per heavy atom. The number of nitriles is 2. The van der Waals surface area contributed by atoms with E-state index >= 15 is 0 Å². The van der Waals surface area contributed by atoms with Crippen molar-refractivity contribution in [1.82, 2.24) is 9.97 Å². The lowest BCUT2D eigenvalue weighted by Crippen LogP contribution is -2.32. The van der Waals surface area contributed by atoms with Crippen molar-refractivity contribution in [2.45, 2.75) is 5.41 Å². The third-order valence-electron chi connectivity index (χ3n) is 4.83. The minimum absolute atomic E-state index is 0.494. The molecule has 128 valence electrons. The van der Waals surface area contributed by atoms with Crippen LogP contribution in [0.1, 0.15) is 33.9 Å². The van der Waals surface area contributed by atoms with Gasteiger partial charge < -0.3 is 9.97 Å². The molecule has 2 aromatic heterocycles. The monoisotopic (exact) mass is 348 g/mol. The molecule has 0 amide bonds. The van der Waals surface area contributed by atoms with Crippen LogP contribution in [-0.4, -0.2) is 9.97 Å². The molecular weight excluding hydrogens is 332 g/mol. The van der Waals surface area contributed by atoms with Crippen LogP contribution in [0.25, 0.3) is 0 Å². The predicted octanol–water partition coefficient (Wildman–Crippen LogP) is 4.47. The molecule has 4 aromatic rings. The van der Waals surface area contributed by atoms with Crippen molar-refractivity contribution in [3.63, 3.8) is 0 Å². The quantitative estimate of drug-likeness (QED) is 0.571. The Hall–Kier alpha value is -4.02. The normalized spacial score (nSPS) is 10.9. The average molecular weight is 348 g/mol. The second-order valence-electron chi connectivity index (χ2n) is 6.28. The highest BCUT2D eigenvalue weighted by Crippen LogP contribution is 2.44. The molecule has 0 atom stereocenters. The van der Waals surface area contributed by atoms with Crippen molar-refractivity contribution >= 4 is 0 Å². The van der Waals surface area contributed by atoms with Crippen LogP contribution in [0.4, 0.5) is 0 Å². The summed E-state index contributed by atoms with van der Waals surface area (Å²) in [5.74, 6) is 0. The first kappa shape index (κ1) is 16.4. The summed E-state index contributed by atoms with van der Waals surface area (Å²) in [6.45, 7) is 0. The maximum Gasteiger partial charge on any atom is 0.117 e. The number of rotatable bonds is 4.